The number of rotatable bonds is 1. The van der Waals surface area contributed by atoms with Gasteiger partial charge >= 0.3 is 0 Å². The van der Waals surface area contributed by atoms with Gasteiger partial charge in [-0.15, -0.1) is 0 Å². The highest BCUT2D eigenvalue weighted by Crippen LogP contribution is 2.50. The predicted molar refractivity (Wildman–Crippen MR) is 43.8 cm³/mol. The molecule has 1 aliphatic carbocycles. The van der Waals surface area contributed by atoms with Crippen molar-refractivity contribution in [2.45, 2.75) is 24.3 Å². The summed E-state index contributed by atoms with van der Waals surface area (Å²) in [6, 6.07) is 3.04. The first-order valence-corrected chi connectivity index (χ1v) is 4.22. The van der Waals surface area contributed by atoms with E-state index in [0.29, 0.717) is 5.76 Å². The Morgan fingerprint density at radius 3 is 2.38 bits per heavy atom. The molecule has 2 rings (SSSR count). The molecule has 0 saturated heterocycles. The zero-order valence-corrected chi connectivity index (χ0v) is 7.44. The van der Waals surface area contributed by atoms with E-state index in [0.717, 1.165) is 0 Å². The summed E-state index contributed by atoms with van der Waals surface area (Å²) in [5, 5.41) is 0.176. The molecule has 0 aromatic carbocycles. The molecule has 1 fully saturated rings. The van der Waals surface area contributed by atoms with Gasteiger partial charge in [-0.3, -0.25) is 0 Å². The van der Waals surface area contributed by atoms with Gasteiger partial charge in [-0.1, -0.05) is 0 Å². The van der Waals surface area contributed by atoms with E-state index in [4.69, 9.17) is 21.8 Å². The minimum atomic E-state index is -2.66. The lowest BCUT2D eigenvalue weighted by atomic mass is 9.72. The van der Waals surface area contributed by atoms with E-state index in [-0.39, 0.29) is 18.1 Å². The van der Waals surface area contributed by atoms with E-state index >= 15 is 0 Å². The van der Waals surface area contributed by atoms with Crippen LogP contribution in [0.2, 0.25) is 5.22 Å². The lowest BCUT2D eigenvalue weighted by Gasteiger charge is -2.42. The second kappa shape index (κ2) is 2.45. The summed E-state index contributed by atoms with van der Waals surface area (Å²) in [6.45, 7) is 0. The van der Waals surface area contributed by atoms with Crippen molar-refractivity contribution < 1.29 is 13.2 Å². The topological polar surface area (TPSA) is 39.2 Å². The van der Waals surface area contributed by atoms with E-state index in [1.54, 1.807) is 0 Å². The maximum atomic E-state index is 12.6. The van der Waals surface area contributed by atoms with E-state index in [1.807, 2.05) is 0 Å². The number of furan rings is 1. The van der Waals surface area contributed by atoms with Gasteiger partial charge in [0.1, 0.15) is 5.76 Å². The molecule has 0 radical (unpaired) electrons. The molecule has 0 amide bonds. The first kappa shape index (κ1) is 8.97. The Labute approximate surface area is 78.7 Å². The average molecular weight is 208 g/mol. The van der Waals surface area contributed by atoms with Gasteiger partial charge in [0, 0.05) is 12.8 Å². The van der Waals surface area contributed by atoms with Gasteiger partial charge in [0.05, 0.1) is 5.54 Å². The molecule has 1 heterocycles. The summed E-state index contributed by atoms with van der Waals surface area (Å²) in [5.41, 5.74) is 4.65. The van der Waals surface area contributed by atoms with Crippen LogP contribution in [0.5, 0.6) is 0 Å². The smallest absolute Gasteiger partial charge is 0.252 e. The Kier molecular flexibility index (Phi) is 1.69. The molecule has 0 aliphatic heterocycles. The fourth-order valence-electron chi connectivity index (χ4n) is 1.63. The van der Waals surface area contributed by atoms with Crippen molar-refractivity contribution >= 4 is 11.6 Å². The van der Waals surface area contributed by atoms with Crippen LogP contribution in [0.25, 0.3) is 0 Å². The molecule has 0 bridgehead atoms. The van der Waals surface area contributed by atoms with Crippen molar-refractivity contribution in [1.82, 2.24) is 0 Å². The number of hydrogen-bond acceptors (Lipinski definition) is 2. The van der Waals surface area contributed by atoms with Gasteiger partial charge in [0.25, 0.3) is 5.92 Å². The predicted octanol–water partition coefficient (Wildman–Crippen LogP) is 2.52. The molecule has 1 aliphatic rings. The van der Waals surface area contributed by atoms with Crippen molar-refractivity contribution in [1.29, 1.82) is 0 Å². The molecule has 72 valence electrons. The molecule has 0 atom stereocenters. The van der Waals surface area contributed by atoms with Crippen molar-refractivity contribution in [3.05, 3.63) is 23.1 Å². The Morgan fingerprint density at radius 1 is 1.38 bits per heavy atom. The van der Waals surface area contributed by atoms with Gasteiger partial charge in [0.15, 0.2) is 5.22 Å². The molecule has 0 spiro atoms. The fourth-order valence-corrected chi connectivity index (χ4v) is 1.77. The Bertz CT molecular complexity index is 329. The highest BCUT2D eigenvalue weighted by Gasteiger charge is 2.56. The average Bonchev–Trinajstić information content (AvgIpc) is 2.31. The number of hydrogen-bond donors (Lipinski definition) is 1. The SMILES string of the molecule is NC1(c2ccc(Cl)o2)CC(F)(F)C1. The number of halogens is 3. The second-order valence-electron chi connectivity index (χ2n) is 3.47. The van der Waals surface area contributed by atoms with Gasteiger partial charge < -0.3 is 10.2 Å². The maximum absolute atomic E-state index is 12.6. The van der Waals surface area contributed by atoms with E-state index in [1.165, 1.54) is 12.1 Å². The Balaban J connectivity index is 2.20. The third-order valence-electron chi connectivity index (χ3n) is 2.21. The molecule has 2 nitrogen and oxygen atoms in total. The van der Waals surface area contributed by atoms with E-state index in [2.05, 4.69) is 0 Å². The highest BCUT2D eigenvalue weighted by molar-refractivity contribution is 6.28. The standard InChI is InChI=1S/C8H8ClF2NO/c9-6-2-1-5(13-6)7(12)3-8(10,11)4-7/h1-2H,3-4,12H2. The third-order valence-corrected chi connectivity index (χ3v) is 2.42. The summed E-state index contributed by atoms with van der Waals surface area (Å²) < 4.78 is 30.1. The quantitative estimate of drug-likeness (QED) is 0.769. The minimum Gasteiger partial charge on any atom is -0.448 e. The molecule has 5 heteroatoms. The maximum Gasteiger partial charge on any atom is 0.252 e. The van der Waals surface area contributed by atoms with Crippen LogP contribution in [0.1, 0.15) is 18.6 Å². The van der Waals surface area contributed by atoms with Gasteiger partial charge in [-0.25, -0.2) is 8.78 Å². The van der Waals surface area contributed by atoms with Crippen LogP contribution in [-0.2, 0) is 5.54 Å². The second-order valence-corrected chi connectivity index (χ2v) is 3.84. The van der Waals surface area contributed by atoms with Crippen LogP contribution < -0.4 is 5.73 Å². The van der Waals surface area contributed by atoms with E-state index < -0.39 is 11.5 Å². The summed E-state index contributed by atoms with van der Waals surface area (Å²) in [6.07, 6.45) is -0.742. The van der Waals surface area contributed by atoms with E-state index in [9.17, 15) is 8.78 Å². The zero-order chi connectivity index (χ0) is 9.69. The normalized spacial score (nSPS) is 24.0. The summed E-state index contributed by atoms with van der Waals surface area (Å²) in [5.74, 6) is -2.32. The van der Waals surface area contributed by atoms with Gasteiger partial charge in [-0.2, -0.15) is 0 Å². The van der Waals surface area contributed by atoms with Crippen LogP contribution in [0.3, 0.4) is 0 Å². The van der Waals surface area contributed by atoms with Crippen LogP contribution in [0, 0.1) is 0 Å². The first-order valence-electron chi connectivity index (χ1n) is 3.84. The molecule has 1 aromatic heterocycles. The van der Waals surface area contributed by atoms with Crippen LogP contribution >= 0.6 is 11.6 Å². The lowest BCUT2D eigenvalue weighted by molar-refractivity contribution is -0.130. The molecule has 1 aromatic rings. The fraction of sp³-hybridized carbons (Fsp3) is 0.500. The number of alkyl halides is 2. The van der Waals surface area contributed by atoms with Gasteiger partial charge in [-0.05, 0) is 23.7 Å². The monoisotopic (exact) mass is 207 g/mol. The van der Waals surface area contributed by atoms with Crippen LogP contribution in [-0.4, -0.2) is 5.92 Å². The molecule has 0 unspecified atom stereocenters. The first-order chi connectivity index (χ1) is 5.91. The molecule has 13 heavy (non-hydrogen) atoms. The third kappa shape index (κ3) is 1.44. The zero-order valence-electron chi connectivity index (χ0n) is 6.69. The summed E-state index contributed by atoms with van der Waals surface area (Å²) in [7, 11) is 0. The van der Waals surface area contributed by atoms with Crippen molar-refractivity contribution in [2.75, 3.05) is 0 Å². The highest BCUT2D eigenvalue weighted by atomic mass is 35.5. The molecule has 1 saturated carbocycles. The van der Waals surface area contributed by atoms with Crippen LogP contribution in [0.4, 0.5) is 8.78 Å². The number of nitrogens with two attached hydrogens (primary N) is 1. The minimum absolute atomic E-state index is 0.176. The van der Waals surface area contributed by atoms with Crippen molar-refractivity contribution in [2.24, 2.45) is 5.73 Å². The summed E-state index contributed by atoms with van der Waals surface area (Å²) in [4.78, 5) is 0. The molecule has 2 N–H and O–H groups in total. The molecular weight excluding hydrogens is 200 g/mol. The Morgan fingerprint density at radius 2 is 2.00 bits per heavy atom. The Hall–Kier alpha value is -0.610. The summed E-state index contributed by atoms with van der Waals surface area (Å²) >= 11 is 5.51. The van der Waals surface area contributed by atoms with Gasteiger partial charge in [0.2, 0.25) is 0 Å². The lowest BCUT2D eigenvalue weighted by Crippen LogP contribution is -2.55. The van der Waals surface area contributed by atoms with Crippen LogP contribution in [0.15, 0.2) is 16.5 Å². The van der Waals surface area contributed by atoms with Crippen molar-refractivity contribution in [3.63, 3.8) is 0 Å². The van der Waals surface area contributed by atoms with Crippen molar-refractivity contribution in [3.8, 4) is 0 Å². The molecular formula is C8H8ClF2NO. The largest absolute Gasteiger partial charge is 0.448 e.